The van der Waals surface area contributed by atoms with Gasteiger partial charge in [0.1, 0.15) is 0 Å². The van der Waals surface area contributed by atoms with Gasteiger partial charge in [-0.2, -0.15) is 12.7 Å². The van der Waals surface area contributed by atoms with Gasteiger partial charge in [0, 0.05) is 33.4 Å². The predicted molar refractivity (Wildman–Crippen MR) is 71.6 cm³/mol. The van der Waals surface area contributed by atoms with Crippen LogP contribution in [0.25, 0.3) is 0 Å². The van der Waals surface area contributed by atoms with Crippen molar-refractivity contribution in [1.29, 1.82) is 0 Å². The Bertz CT molecular complexity index is 293. The van der Waals surface area contributed by atoms with Crippen LogP contribution in [-0.2, 0) is 14.9 Å². The van der Waals surface area contributed by atoms with E-state index in [1.807, 2.05) is 13.8 Å². The van der Waals surface area contributed by atoms with E-state index in [2.05, 4.69) is 4.72 Å². The number of nitrogens with zero attached hydrogens (tertiary/aromatic N) is 1. The van der Waals surface area contributed by atoms with Crippen molar-refractivity contribution in [1.82, 2.24) is 9.03 Å². The summed E-state index contributed by atoms with van der Waals surface area (Å²) in [7, 11) is -1.90. The first-order valence-electron chi connectivity index (χ1n) is 6.33. The van der Waals surface area contributed by atoms with Gasteiger partial charge in [0.25, 0.3) is 10.2 Å². The smallest absolute Gasteiger partial charge is 0.279 e. The van der Waals surface area contributed by atoms with Crippen LogP contribution in [0, 0.1) is 0 Å². The molecule has 0 amide bonds. The van der Waals surface area contributed by atoms with Crippen molar-refractivity contribution < 1.29 is 18.3 Å². The molecule has 7 heteroatoms. The SMILES string of the molecule is CC(C)OCCCCNS(=O)(=O)N(C)CCCO. The summed E-state index contributed by atoms with van der Waals surface area (Å²) in [6.07, 6.45) is 2.24. The molecule has 0 aromatic heterocycles. The molecule has 0 aromatic carbocycles. The largest absolute Gasteiger partial charge is 0.396 e. The summed E-state index contributed by atoms with van der Waals surface area (Å²) in [5, 5.41) is 8.64. The topological polar surface area (TPSA) is 78.9 Å². The highest BCUT2D eigenvalue weighted by Gasteiger charge is 2.15. The molecular formula is C11H26N2O4S. The van der Waals surface area contributed by atoms with E-state index in [-0.39, 0.29) is 12.7 Å². The van der Waals surface area contributed by atoms with Gasteiger partial charge in [-0.25, -0.2) is 4.72 Å². The minimum atomic E-state index is -3.40. The normalized spacial score (nSPS) is 12.6. The van der Waals surface area contributed by atoms with Crippen molar-refractivity contribution in [2.24, 2.45) is 0 Å². The number of aliphatic hydroxyl groups excluding tert-OH is 1. The molecule has 18 heavy (non-hydrogen) atoms. The first kappa shape index (κ1) is 17.8. The molecule has 0 aliphatic heterocycles. The second kappa shape index (κ2) is 9.69. The van der Waals surface area contributed by atoms with Gasteiger partial charge in [-0.1, -0.05) is 0 Å². The van der Waals surface area contributed by atoms with Crippen LogP contribution in [0.4, 0.5) is 0 Å². The van der Waals surface area contributed by atoms with Gasteiger partial charge in [0.05, 0.1) is 6.10 Å². The van der Waals surface area contributed by atoms with Crippen molar-refractivity contribution in [3.63, 3.8) is 0 Å². The van der Waals surface area contributed by atoms with E-state index in [0.717, 1.165) is 12.8 Å². The van der Waals surface area contributed by atoms with Crippen LogP contribution in [-0.4, -0.2) is 57.3 Å². The number of hydrogen-bond acceptors (Lipinski definition) is 4. The molecule has 2 N–H and O–H groups in total. The van der Waals surface area contributed by atoms with Crippen LogP contribution in [0.3, 0.4) is 0 Å². The van der Waals surface area contributed by atoms with Crippen LogP contribution >= 0.6 is 0 Å². The lowest BCUT2D eigenvalue weighted by molar-refractivity contribution is 0.0762. The van der Waals surface area contributed by atoms with E-state index in [9.17, 15) is 8.42 Å². The van der Waals surface area contributed by atoms with E-state index < -0.39 is 10.2 Å². The number of ether oxygens (including phenoxy) is 1. The van der Waals surface area contributed by atoms with E-state index in [1.54, 1.807) is 0 Å². The second-order valence-electron chi connectivity index (χ2n) is 4.42. The molecule has 0 bridgehead atoms. The molecule has 110 valence electrons. The summed E-state index contributed by atoms with van der Waals surface area (Å²) in [6, 6.07) is 0. The zero-order valence-electron chi connectivity index (χ0n) is 11.6. The number of hydrogen-bond donors (Lipinski definition) is 2. The Labute approximate surface area is 111 Å². The molecule has 6 nitrogen and oxygen atoms in total. The second-order valence-corrected chi connectivity index (χ2v) is 6.29. The molecule has 0 radical (unpaired) electrons. The lowest BCUT2D eigenvalue weighted by Crippen LogP contribution is -2.39. The summed E-state index contributed by atoms with van der Waals surface area (Å²) >= 11 is 0. The van der Waals surface area contributed by atoms with Crippen LogP contribution < -0.4 is 4.72 Å². The maximum absolute atomic E-state index is 11.7. The van der Waals surface area contributed by atoms with Crippen LogP contribution in [0.2, 0.25) is 0 Å². The summed E-state index contributed by atoms with van der Waals surface area (Å²) in [5.74, 6) is 0. The zero-order valence-corrected chi connectivity index (χ0v) is 12.4. The Morgan fingerprint density at radius 1 is 1.28 bits per heavy atom. The summed E-state index contributed by atoms with van der Waals surface area (Å²) in [5.41, 5.74) is 0. The molecule has 0 fully saturated rings. The van der Waals surface area contributed by atoms with Gasteiger partial charge >= 0.3 is 0 Å². The standard InChI is InChI=1S/C11H26N2O4S/c1-11(2)17-10-5-4-7-12-18(15,16)13(3)8-6-9-14/h11-12,14H,4-10H2,1-3H3. The quantitative estimate of drug-likeness (QED) is 0.536. The fraction of sp³-hybridized carbons (Fsp3) is 1.00. The fourth-order valence-corrected chi connectivity index (χ4v) is 2.26. The Morgan fingerprint density at radius 2 is 1.94 bits per heavy atom. The maximum Gasteiger partial charge on any atom is 0.279 e. The first-order valence-corrected chi connectivity index (χ1v) is 7.77. The van der Waals surface area contributed by atoms with E-state index in [1.165, 1.54) is 11.4 Å². The fourth-order valence-electron chi connectivity index (χ4n) is 1.27. The molecule has 0 unspecified atom stereocenters. The third kappa shape index (κ3) is 8.82. The average molecular weight is 282 g/mol. The first-order chi connectivity index (χ1) is 8.40. The number of unbranched alkanes of at least 4 members (excludes halogenated alkanes) is 1. The summed E-state index contributed by atoms with van der Waals surface area (Å²) in [6.45, 7) is 5.32. The Hall–Kier alpha value is -0.210. The van der Waals surface area contributed by atoms with Gasteiger partial charge in [-0.05, 0) is 33.1 Å². The number of rotatable bonds is 11. The van der Waals surface area contributed by atoms with Crippen LogP contribution in [0.1, 0.15) is 33.1 Å². The van der Waals surface area contributed by atoms with Crippen molar-refractivity contribution >= 4 is 10.2 Å². The molecule has 0 heterocycles. The van der Waals surface area contributed by atoms with Crippen molar-refractivity contribution in [3.8, 4) is 0 Å². The van der Waals surface area contributed by atoms with Gasteiger partial charge in [0.2, 0.25) is 0 Å². The highest BCUT2D eigenvalue weighted by Crippen LogP contribution is 1.97. The van der Waals surface area contributed by atoms with Gasteiger partial charge in [0.15, 0.2) is 0 Å². The monoisotopic (exact) mass is 282 g/mol. The summed E-state index contributed by atoms with van der Waals surface area (Å²) < 4.78 is 32.5. The van der Waals surface area contributed by atoms with Gasteiger partial charge in [-0.15, -0.1) is 0 Å². The van der Waals surface area contributed by atoms with Gasteiger partial charge in [-0.3, -0.25) is 0 Å². The Kier molecular flexibility index (Phi) is 9.57. The minimum absolute atomic E-state index is 0.00754. The molecular weight excluding hydrogens is 256 g/mol. The Balaban J connectivity index is 3.70. The summed E-state index contributed by atoms with van der Waals surface area (Å²) in [4.78, 5) is 0. The zero-order chi connectivity index (χ0) is 14.0. The molecule has 0 aliphatic rings. The molecule has 0 saturated heterocycles. The van der Waals surface area contributed by atoms with Gasteiger partial charge < -0.3 is 9.84 Å². The molecule has 0 aromatic rings. The van der Waals surface area contributed by atoms with Crippen molar-refractivity contribution in [2.75, 3.05) is 33.4 Å². The lowest BCUT2D eigenvalue weighted by Gasteiger charge is -2.17. The highest BCUT2D eigenvalue weighted by molar-refractivity contribution is 7.87. The highest BCUT2D eigenvalue weighted by atomic mass is 32.2. The minimum Gasteiger partial charge on any atom is -0.396 e. The molecule has 0 saturated carbocycles. The molecule has 0 rings (SSSR count). The van der Waals surface area contributed by atoms with E-state index >= 15 is 0 Å². The molecule has 0 atom stereocenters. The lowest BCUT2D eigenvalue weighted by atomic mass is 10.3. The maximum atomic E-state index is 11.7. The van der Waals surface area contributed by atoms with Crippen LogP contribution in [0.15, 0.2) is 0 Å². The predicted octanol–water partition coefficient (Wildman–Crippen LogP) is 0.340. The molecule has 0 spiro atoms. The van der Waals surface area contributed by atoms with E-state index in [0.29, 0.717) is 26.1 Å². The Morgan fingerprint density at radius 3 is 2.50 bits per heavy atom. The third-order valence-electron chi connectivity index (χ3n) is 2.35. The average Bonchev–Trinajstić information content (AvgIpc) is 2.30. The molecule has 0 aliphatic carbocycles. The third-order valence-corrected chi connectivity index (χ3v) is 3.92. The van der Waals surface area contributed by atoms with Crippen molar-refractivity contribution in [2.45, 2.75) is 39.2 Å². The van der Waals surface area contributed by atoms with E-state index in [4.69, 9.17) is 9.84 Å². The van der Waals surface area contributed by atoms with Crippen molar-refractivity contribution in [3.05, 3.63) is 0 Å². The number of aliphatic hydroxyl groups is 1. The van der Waals surface area contributed by atoms with Crippen LogP contribution in [0.5, 0.6) is 0 Å². The number of nitrogens with one attached hydrogen (secondary N) is 1.